The van der Waals surface area contributed by atoms with Gasteiger partial charge in [0.15, 0.2) is 29.3 Å². The first-order chi connectivity index (χ1) is 12.3. The molecule has 5 atom stereocenters. The van der Waals surface area contributed by atoms with Gasteiger partial charge in [-0.3, -0.25) is 19.2 Å². The van der Waals surface area contributed by atoms with Gasteiger partial charge in [0.2, 0.25) is 15.3 Å². The number of hydrogen-bond donors (Lipinski definition) is 0. The summed E-state index contributed by atoms with van der Waals surface area (Å²) in [4.78, 5) is 45.2. The Bertz CT molecular complexity index is 704. The Morgan fingerprint density at radius 1 is 0.815 bits per heavy atom. The highest BCUT2D eigenvalue weighted by Crippen LogP contribution is 2.34. The number of alkyl halides is 1. The van der Waals surface area contributed by atoms with E-state index in [1.807, 2.05) is 0 Å². The average molecular weight is 475 g/mol. The molecule has 0 aromatic rings. The van der Waals surface area contributed by atoms with Crippen molar-refractivity contribution in [3.05, 3.63) is 0 Å². The predicted molar refractivity (Wildman–Crippen MR) is 89.8 cm³/mol. The van der Waals surface area contributed by atoms with Gasteiger partial charge in [-0.05, 0) is 0 Å². The number of esters is 4. The highest BCUT2D eigenvalue weighted by atomic mass is 79.9. The summed E-state index contributed by atoms with van der Waals surface area (Å²) in [5.41, 5.74) is -1.86. The van der Waals surface area contributed by atoms with Crippen LogP contribution in [0.3, 0.4) is 0 Å². The van der Waals surface area contributed by atoms with Crippen molar-refractivity contribution < 1.29 is 51.3 Å². The minimum atomic E-state index is -4.33. The molecular weight excluding hydrogens is 456 g/mol. The number of carbonyl (C=O) groups excluding carboxylic acids is 4. The molecule has 27 heavy (non-hydrogen) atoms. The monoisotopic (exact) mass is 474 g/mol. The van der Waals surface area contributed by atoms with Gasteiger partial charge in [-0.15, -0.1) is 0 Å². The molecular formula is C14H19BrO11S. The van der Waals surface area contributed by atoms with Crippen LogP contribution in [-0.4, -0.2) is 67.0 Å². The van der Waals surface area contributed by atoms with Crippen LogP contribution in [0.25, 0.3) is 0 Å². The van der Waals surface area contributed by atoms with Crippen molar-refractivity contribution in [2.45, 2.75) is 56.5 Å². The normalized spacial score (nSPS) is 28.0. The third-order valence-electron chi connectivity index (χ3n) is 3.12. The Kier molecular flexibility index (Phi) is 8.17. The molecule has 0 bridgehead atoms. The standard InChI is InChI=1S/C14H19BrO11S/c1-6(16)22-5-27(20,21)14-12(25-9(4)19)10(23-7(2)17)11(13(15)26-14)24-8(3)18/h10-14H,5H2,1-4H3/t10-,11-,12+,13-,14-/m1/s1. The second kappa shape index (κ2) is 9.46. The molecule has 1 fully saturated rings. The van der Waals surface area contributed by atoms with E-state index in [2.05, 4.69) is 20.7 Å². The van der Waals surface area contributed by atoms with Crippen LogP contribution in [-0.2, 0) is 52.7 Å². The molecule has 0 amide bonds. The molecule has 13 heteroatoms. The van der Waals surface area contributed by atoms with Crippen molar-refractivity contribution in [3.8, 4) is 0 Å². The molecule has 0 aromatic heterocycles. The summed E-state index contributed by atoms with van der Waals surface area (Å²) in [6, 6.07) is 0. The minimum Gasteiger partial charge on any atom is -0.455 e. The van der Waals surface area contributed by atoms with Crippen LogP contribution in [0.15, 0.2) is 0 Å². The molecule has 154 valence electrons. The first-order valence-corrected chi connectivity index (χ1v) is 10.1. The van der Waals surface area contributed by atoms with Gasteiger partial charge in [0, 0.05) is 27.7 Å². The van der Waals surface area contributed by atoms with Crippen LogP contribution in [0, 0.1) is 0 Å². The van der Waals surface area contributed by atoms with Crippen molar-refractivity contribution in [1.29, 1.82) is 0 Å². The van der Waals surface area contributed by atoms with Crippen LogP contribution < -0.4 is 0 Å². The van der Waals surface area contributed by atoms with Gasteiger partial charge in [0.1, 0.15) is 0 Å². The fourth-order valence-electron chi connectivity index (χ4n) is 2.25. The number of sulfone groups is 1. The fraction of sp³-hybridized carbons (Fsp3) is 0.714. The summed E-state index contributed by atoms with van der Waals surface area (Å²) in [5.74, 6) is -4.43. The molecule has 1 saturated heterocycles. The van der Waals surface area contributed by atoms with E-state index in [1.54, 1.807) is 0 Å². The molecule has 1 rings (SSSR count). The average Bonchev–Trinajstić information content (AvgIpc) is 2.50. The van der Waals surface area contributed by atoms with Gasteiger partial charge >= 0.3 is 23.9 Å². The van der Waals surface area contributed by atoms with Gasteiger partial charge in [0.05, 0.1) is 0 Å². The first-order valence-electron chi connectivity index (χ1n) is 7.51. The molecule has 0 aliphatic carbocycles. The Labute approximate surface area is 163 Å². The highest BCUT2D eigenvalue weighted by Gasteiger charge is 2.55. The molecule has 0 spiro atoms. The van der Waals surface area contributed by atoms with Gasteiger partial charge in [0.25, 0.3) is 0 Å². The van der Waals surface area contributed by atoms with Crippen molar-refractivity contribution >= 4 is 49.6 Å². The second-order valence-corrected chi connectivity index (χ2v) is 8.42. The molecule has 0 aromatic carbocycles. The third-order valence-corrected chi connectivity index (χ3v) is 5.40. The Morgan fingerprint density at radius 2 is 1.26 bits per heavy atom. The van der Waals surface area contributed by atoms with E-state index in [1.165, 1.54) is 0 Å². The van der Waals surface area contributed by atoms with E-state index in [0.717, 1.165) is 27.7 Å². The number of ether oxygens (including phenoxy) is 5. The maximum atomic E-state index is 12.5. The Hall–Kier alpha value is -1.73. The zero-order valence-electron chi connectivity index (χ0n) is 14.9. The van der Waals surface area contributed by atoms with Crippen molar-refractivity contribution in [1.82, 2.24) is 0 Å². The van der Waals surface area contributed by atoms with Gasteiger partial charge in [-0.25, -0.2) is 8.42 Å². The first kappa shape index (κ1) is 23.3. The lowest BCUT2D eigenvalue weighted by Crippen LogP contribution is -2.62. The van der Waals surface area contributed by atoms with E-state index in [-0.39, 0.29) is 0 Å². The molecule has 0 N–H and O–H groups in total. The maximum Gasteiger partial charge on any atom is 0.303 e. The molecule has 1 heterocycles. The molecule has 1 aliphatic rings. The summed E-state index contributed by atoms with van der Waals surface area (Å²) in [6.07, 6.45) is -4.48. The van der Waals surface area contributed by atoms with Crippen LogP contribution in [0.4, 0.5) is 0 Å². The summed E-state index contributed by atoms with van der Waals surface area (Å²) in [5, 5.41) is -1.23. The third kappa shape index (κ3) is 6.74. The van der Waals surface area contributed by atoms with Crippen LogP contribution in [0.2, 0.25) is 0 Å². The van der Waals surface area contributed by atoms with E-state index in [4.69, 9.17) is 18.9 Å². The summed E-state index contributed by atoms with van der Waals surface area (Å²) in [7, 11) is -4.33. The second-order valence-electron chi connectivity index (χ2n) is 5.49. The van der Waals surface area contributed by atoms with Crippen LogP contribution >= 0.6 is 15.9 Å². The molecule has 0 unspecified atom stereocenters. The Balaban J connectivity index is 3.33. The van der Waals surface area contributed by atoms with Crippen molar-refractivity contribution in [2.24, 2.45) is 0 Å². The zero-order valence-corrected chi connectivity index (χ0v) is 17.3. The summed E-state index contributed by atoms with van der Waals surface area (Å²) in [6.45, 7) is 4.12. The number of hydrogen-bond acceptors (Lipinski definition) is 11. The molecule has 1 aliphatic heterocycles. The SMILES string of the molecule is CC(=O)OCS(=O)(=O)[C@H]1O[C@@H](Br)[C@H](OC(C)=O)[C@@H](OC(C)=O)[C@@H]1OC(C)=O. The van der Waals surface area contributed by atoms with E-state index >= 15 is 0 Å². The smallest absolute Gasteiger partial charge is 0.303 e. The number of rotatable bonds is 6. The lowest BCUT2D eigenvalue weighted by atomic mass is 10.1. The lowest BCUT2D eigenvalue weighted by Gasteiger charge is -2.42. The summed E-state index contributed by atoms with van der Waals surface area (Å²) < 4.78 is 50.0. The highest BCUT2D eigenvalue weighted by molar-refractivity contribution is 9.09. The van der Waals surface area contributed by atoms with Gasteiger partial charge in [-0.2, -0.15) is 0 Å². The fourth-order valence-corrected chi connectivity index (χ4v) is 4.40. The van der Waals surface area contributed by atoms with Crippen LogP contribution in [0.1, 0.15) is 27.7 Å². The topological polar surface area (TPSA) is 149 Å². The quantitative estimate of drug-likeness (QED) is 0.286. The number of carbonyl (C=O) groups is 4. The molecule has 0 radical (unpaired) electrons. The Morgan fingerprint density at radius 3 is 1.70 bits per heavy atom. The van der Waals surface area contributed by atoms with Gasteiger partial charge < -0.3 is 23.7 Å². The van der Waals surface area contributed by atoms with Crippen molar-refractivity contribution in [2.75, 3.05) is 5.94 Å². The van der Waals surface area contributed by atoms with Gasteiger partial charge in [-0.1, -0.05) is 15.9 Å². The van der Waals surface area contributed by atoms with Crippen molar-refractivity contribution in [3.63, 3.8) is 0 Å². The van der Waals surface area contributed by atoms with E-state index < -0.39 is 68.4 Å². The zero-order chi connectivity index (χ0) is 20.9. The number of halogens is 1. The minimum absolute atomic E-state index is 0.770. The van der Waals surface area contributed by atoms with Crippen LogP contribution in [0.5, 0.6) is 0 Å². The lowest BCUT2D eigenvalue weighted by molar-refractivity contribution is -0.218. The predicted octanol–water partition coefficient (Wildman–Crippen LogP) is -0.206. The molecule has 11 nitrogen and oxygen atoms in total. The maximum absolute atomic E-state index is 12.5. The van der Waals surface area contributed by atoms with E-state index in [0.29, 0.717) is 0 Å². The summed E-state index contributed by atoms with van der Waals surface area (Å²) >= 11 is 3.02. The molecule has 0 saturated carbocycles. The largest absolute Gasteiger partial charge is 0.455 e. The van der Waals surface area contributed by atoms with E-state index in [9.17, 15) is 27.6 Å².